The zero-order chi connectivity index (χ0) is 18.2. The third-order valence-electron chi connectivity index (χ3n) is 4.32. The van der Waals surface area contributed by atoms with Crippen molar-refractivity contribution < 1.29 is 14.3 Å². The summed E-state index contributed by atoms with van der Waals surface area (Å²) in [5.41, 5.74) is 0.0129. The number of H-pyrrole nitrogens is 1. The van der Waals surface area contributed by atoms with Crippen LogP contribution in [0, 0.1) is 5.92 Å². The molecule has 2 atom stereocenters. The van der Waals surface area contributed by atoms with Gasteiger partial charge in [-0.2, -0.15) is 0 Å². The molecular formula is C18H24N4O3. The molecule has 134 valence electrons. The van der Waals surface area contributed by atoms with E-state index in [0.717, 1.165) is 11.8 Å². The van der Waals surface area contributed by atoms with E-state index in [2.05, 4.69) is 21.9 Å². The second-order valence-electron chi connectivity index (χ2n) is 7.66. The second-order valence-corrected chi connectivity index (χ2v) is 7.66. The van der Waals surface area contributed by atoms with Crippen LogP contribution >= 0.6 is 0 Å². The van der Waals surface area contributed by atoms with Gasteiger partial charge in [0.2, 0.25) is 5.78 Å². The van der Waals surface area contributed by atoms with Gasteiger partial charge >= 0.3 is 6.09 Å². The van der Waals surface area contributed by atoms with Gasteiger partial charge in [-0.25, -0.2) is 14.8 Å². The number of Topliss-reactive ketones (excluding diaryl/α,β-unsaturated/α-hetero) is 1. The van der Waals surface area contributed by atoms with Gasteiger partial charge in [-0.1, -0.05) is 6.92 Å². The second kappa shape index (κ2) is 6.46. The Bertz CT molecular complexity index is 793. The SMILES string of the molecule is CC1CCN(C(=O)OC(C)(C)C)C(C(=O)c2ncc3cc[nH]c3n2)C1. The van der Waals surface area contributed by atoms with Crippen molar-refractivity contribution in [3.8, 4) is 0 Å². The number of ketones is 1. The van der Waals surface area contributed by atoms with E-state index in [1.54, 1.807) is 12.4 Å². The van der Waals surface area contributed by atoms with Gasteiger partial charge in [-0.3, -0.25) is 9.69 Å². The summed E-state index contributed by atoms with van der Waals surface area (Å²) in [6.07, 6.45) is 4.35. The quantitative estimate of drug-likeness (QED) is 0.845. The summed E-state index contributed by atoms with van der Waals surface area (Å²) in [7, 11) is 0. The highest BCUT2D eigenvalue weighted by Gasteiger charge is 2.38. The minimum absolute atomic E-state index is 0.127. The maximum atomic E-state index is 13.0. The molecule has 0 saturated carbocycles. The molecule has 0 spiro atoms. The third-order valence-corrected chi connectivity index (χ3v) is 4.32. The lowest BCUT2D eigenvalue weighted by molar-refractivity contribution is 0.00640. The Kier molecular flexibility index (Phi) is 4.49. The summed E-state index contributed by atoms with van der Waals surface area (Å²) in [5.74, 6) is 0.235. The lowest BCUT2D eigenvalue weighted by Gasteiger charge is -2.37. The van der Waals surface area contributed by atoms with Gasteiger partial charge in [0.1, 0.15) is 17.3 Å². The lowest BCUT2D eigenvalue weighted by atomic mass is 9.90. The molecule has 0 aliphatic carbocycles. The summed E-state index contributed by atoms with van der Waals surface area (Å²) in [6.45, 7) is 8.03. The van der Waals surface area contributed by atoms with Crippen molar-refractivity contribution in [2.24, 2.45) is 5.92 Å². The fourth-order valence-corrected chi connectivity index (χ4v) is 3.04. The first kappa shape index (κ1) is 17.4. The Morgan fingerprint density at radius 1 is 1.36 bits per heavy atom. The van der Waals surface area contributed by atoms with Crippen LogP contribution in [0.5, 0.6) is 0 Å². The van der Waals surface area contributed by atoms with Gasteiger partial charge in [0.25, 0.3) is 0 Å². The Morgan fingerprint density at radius 3 is 2.84 bits per heavy atom. The van der Waals surface area contributed by atoms with Crippen molar-refractivity contribution in [1.29, 1.82) is 0 Å². The molecule has 1 amide bonds. The number of likely N-dealkylation sites (tertiary alicyclic amines) is 1. The van der Waals surface area contributed by atoms with E-state index < -0.39 is 17.7 Å². The molecule has 0 aromatic carbocycles. The number of aromatic amines is 1. The van der Waals surface area contributed by atoms with Crippen LogP contribution in [0.3, 0.4) is 0 Å². The van der Waals surface area contributed by atoms with E-state index >= 15 is 0 Å². The molecule has 1 saturated heterocycles. The topological polar surface area (TPSA) is 88.2 Å². The number of carbonyl (C=O) groups is 2. The summed E-state index contributed by atoms with van der Waals surface area (Å²) in [4.78, 5) is 38.5. The number of hydrogen-bond donors (Lipinski definition) is 1. The Balaban J connectivity index is 1.86. The van der Waals surface area contributed by atoms with Gasteiger partial charge in [0.05, 0.1) is 0 Å². The maximum absolute atomic E-state index is 13.0. The molecule has 1 N–H and O–H groups in total. The fourth-order valence-electron chi connectivity index (χ4n) is 3.04. The number of piperidine rings is 1. The van der Waals surface area contributed by atoms with Crippen molar-refractivity contribution in [1.82, 2.24) is 19.9 Å². The Labute approximate surface area is 146 Å². The van der Waals surface area contributed by atoms with Gasteiger partial charge in [0.15, 0.2) is 5.82 Å². The molecule has 2 aromatic rings. The minimum Gasteiger partial charge on any atom is -0.444 e. The zero-order valence-electron chi connectivity index (χ0n) is 15.1. The summed E-state index contributed by atoms with van der Waals surface area (Å²) < 4.78 is 5.47. The maximum Gasteiger partial charge on any atom is 0.410 e. The summed E-state index contributed by atoms with van der Waals surface area (Å²) >= 11 is 0. The monoisotopic (exact) mass is 344 g/mol. The number of nitrogens with one attached hydrogen (secondary N) is 1. The zero-order valence-corrected chi connectivity index (χ0v) is 15.1. The molecule has 2 aromatic heterocycles. The number of nitrogens with zero attached hydrogens (tertiary/aromatic N) is 3. The highest BCUT2D eigenvalue weighted by atomic mass is 16.6. The van der Waals surface area contributed by atoms with E-state index in [-0.39, 0.29) is 11.6 Å². The normalized spacial score (nSPS) is 21.4. The van der Waals surface area contributed by atoms with Crippen molar-refractivity contribution in [3.05, 3.63) is 24.3 Å². The number of aromatic nitrogens is 3. The minimum atomic E-state index is -0.604. The third kappa shape index (κ3) is 3.81. The first-order valence-corrected chi connectivity index (χ1v) is 8.58. The van der Waals surface area contributed by atoms with Crippen LogP contribution in [0.15, 0.2) is 18.5 Å². The number of ether oxygens (including phenoxy) is 1. The molecule has 1 aliphatic rings. The molecule has 2 unspecified atom stereocenters. The molecular weight excluding hydrogens is 320 g/mol. The summed E-state index contributed by atoms with van der Waals surface area (Å²) in [5, 5.41) is 0.845. The van der Waals surface area contributed by atoms with E-state index in [1.807, 2.05) is 26.8 Å². The molecule has 7 heteroatoms. The molecule has 1 fully saturated rings. The first-order chi connectivity index (χ1) is 11.7. The molecule has 0 bridgehead atoms. The largest absolute Gasteiger partial charge is 0.444 e. The predicted molar refractivity (Wildman–Crippen MR) is 93.3 cm³/mol. The Morgan fingerprint density at radius 2 is 2.12 bits per heavy atom. The van der Waals surface area contributed by atoms with Crippen LogP contribution in [0.2, 0.25) is 0 Å². The highest BCUT2D eigenvalue weighted by molar-refractivity contribution is 5.99. The van der Waals surface area contributed by atoms with E-state index in [1.165, 1.54) is 4.90 Å². The van der Waals surface area contributed by atoms with E-state index in [0.29, 0.717) is 24.5 Å². The number of fused-ring (bicyclic) bond motifs is 1. The van der Waals surface area contributed by atoms with Crippen LogP contribution in [0.4, 0.5) is 4.79 Å². The van der Waals surface area contributed by atoms with Gasteiger partial charge in [-0.05, 0) is 45.6 Å². The Hall–Kier alpha value is -2.44. The molecule has 1 aliphatic heterocycles. The van der Waals surface area contributed by atoms with E-state index in [9.17, 15) is 9.59 Å². The van der Waals surface area contributed by atoms with Gasteiger partial charge in [-0.15, -0.1) is 0 Å². The van der Waals surface area contributed by atoms with Crippen molar-refractivity contribution >= 4 is 22.9 Å². The van der Waals surface area contributed by atoms with Crippen LogP contribution in [-0.2, 0) is 4.74 Å². The average Bonchev–Trinajstić information content (AvgIpc) is 2.99. The number of carbonyl (C=O) groups excluding carboxylic acids is 2. The highest BCUT2D eigenvalue weighted by Crippen LogP contribution is 2.26. The molecule has 0 radical (unpaired) electrons. The average molecular weight is 344 g/mol. The standard InChI is InChI=1S/C18H24N4O3/c1-11-6-8-22(17(24)25-18(2,3)4)13(9-11)14(23)16-20-10-12-5-7-19-15(12)21-16/h5,7,10-11,13H,6,8-9H2,1-4H3,(H,19,20,21). The fraction of sp³-hybridized carbons (Fsp3) is 0.556. The van der Waals surface area contributed by atoms with Crippen molar-refractivity contribution in [2.75, 3.05) is 6.54 Å². The summed E-state index contributed by atoms with van der Waals surface area (Å²) in [6, 6.07) is 1.25. The molecule has 3 rings (SSSR count). The predicted octanol–water partition coefficient (Wildman–Crippen LogP) is 3.18. The molecule has 3 heterocycles. The smallest absolute Gasteiger partial charge is 0.410 e. The number of hydrogen-bond acceptors (Lipinski definition) is 5. The van der Waals surface area contributed by atoms with E-state index in [4.69, 9.17) is 4.74 Å². The lowest BCUT2D eigenvalue weighted by Crippen LogP contribution is -2.51. The van der Waals surface area contributed by atoms with Crippen LogP contribution in [0.1, 0.15) is 51.2 Å². The van der Waals surface area contributed by atoms with Crippen molar-refractivity contribution in [3.63, 3.8) is 0 Å². The number of amides is 1. The molecule has 25 heavy (non-hydrogen) atoms. The van der Waals surface area contributed by atoms with Gasteiger partial charge in [0, 0.05) is 24.3 Å². The number of rotatable bonds is 2. The van der Waals surface area contributed by atoms with Crippen molar-refractivity contribution in [2.45, 2.75) is 52.2 Å². The van der Waals surface area contributed by atoms with Crippen LogP contribution < -0.4 is 0 Å². The van der Waals surface area contributed by atoms with Crippen LogP contribution in [0.25, 0.3) is 11.0 Å². The van der Waals surface area contributed by atoms with Gasteiger partial charge < -0.3 is 9.72 Å². The molecule has 7 nitrogen and oxygen atoms in total. The first-order valence-electron chi connectivity index (χ1n) is 8.58. The van der Waals surface area contributed by atoms with Crippen LogP contribution in [-0.4, -0.2) is 49.9 Å².